The number of benzene rings is 2. The van der Waals surface area contributed by atoms with E-state index in [1.54, 1.807) is 17.8 Å². The predicted octanol–water partition coefficient (Wildman–Crippen LogP) is 3.91. The SMILES string of the molecule is O=C(NCCSCc1ccc(Cl)cc1)c1cccc([N+](=O)[O-])c1. The predicted molar refractivity (Wildman–Crippen MR) is 93.0 cm³/mol. The molecule has 2 aromatic rings. The first-order valence-electron chi connectivity index (χ1n) is 6.91. The largest absolute Gasteiger partial charge is 0.351 e. The van der Waals surface area contributed by atoms with E-state index in [1.807, 2.05) is 24.3 Å². The number of nitro benzene ring substituents is 1. The number of nitro groups is 1. The van der Waals surface area contributed by atoms with Crippen LogP contribution in [0.3, 0.4) is 0 Å². The topological polar surface area (TPSA) is 72.2 Å². The van der Waals surface area contributed by atoms with Crippen LogP contribution in [0.5, 0.6) is 0 Å². The van der Waals surface area contributed by atoms with Crippen LogP contribution in [0.25, 0.3) is 0 Å². The van der Waals surface area contributed by atoms with Crippen molar-refractivity contribution in [3.8, 4) is 0 Å². The normalized spacial score (nSPS) is 10.3. The number of non-ortho nitro benzene ring substituents is 1. The average Bonchev–Trinajstić information content (AvgIpc) is 2.56. The highest BCUT2D eigenvalue weighted by Gasteiger charge is 2.10. The van der Waals surface area contributed by atoms with Crippen molar-refractivity contribution in [3.63, 3.8) is 0 Å². The standard InChI is InChI=1S/C16H15ClN2O3S/c17-14-6-4-12(5-7-14)11-23-9-8-18-16(20)13-2-1-3-15(10-13)19(21)22/h1-7,10H,8-9,11H2,(H,18,20). The molecule has 7 heteroatoms. The Morgan fingerprint density at radius 1 is 1.22 bits per heavy atom. The summed E-state index contributed by atoms with van der Waals surface area (Å²) >= 11 is 7.51. The molecule has 0 bridgehead atoms. The number of nitrogens with zero attached hydrogens (tertiary/aromatic N) is 1. The number of thioether (sulfide) groups is 1. The number of halogens is 1. The smallest absolute Gasteiger partial charge is 0.270 e. The first-order valence-corrected chi connectivity index (χ1v) is 8.44. The third kappa shape index (κ3) is 5.58. The van der Waals surface area contributed by atoms with Crippen molar-refractivity contribution in [2.24, 2.45) is 0 Å². The molecule has 0 fully saturated rings. The van der Waals surface area contributed by atoms with E-state index in [0.717, 1.165) is 11.5 Å². The summed E-state index contributed by atoms with van der Waals surface area (Å²) in [6.45, 7) is 0.500. The second-order valence-electron chi connectivity index (χ2n) is 4.74. The molecule has 0 saturated heterocycles. The zero-order chi connectivity index (χ0) is 16.7. The van der Waals surface area contributed by atoms with Crippen molar-refractivity contribution < 1.29 is 9.72 Å². The lowest BCUT2D eigenvalue weighted by atomic mass is 10.2. The van der Waals surface area contributed by atoms with Gasteiger partial charge >= 0.3 is 0 Å². The van der Waals surface area contributed by atoms with Gasteiger partial charge in [-0.25, -0.2) is 0 Å². The molecule has 0 saturated carbocycles. The first kappa shape index (κ1) is 17.3. The molecule has 0 atom stereocenters. The van der Waals surface area contributed by atoms with Crippen LogP contribution in [0, 0.1) is 10.1 Å². The molecule has 0 spiro atoms. The summed E-state index contributed by atoms with van der Waals surface area (Å²) in [7, 11) is 0. The number of rotatable bonds is 7. The van der Waals surface area contributed by atoms with E-state index in [2.05, 4.69) is 5.32 Å². The minimum Gasteiger partial charge on any atom is -0.351 e. The van der Waals surface area contributed by atoms with Crippen LogP contribution in [-0.4, -0.2) is 23.1 Å². The van der Waals surface area contributed by atoms with Crippen LogP contribution >= 0.6 is 23.4 Å². The van der Waals surface area contributed by atoms with Gasteiger partial charge in [-0.05, 0) is 23.8 Å². The molecule has 1 amide bonds. The van der Waals surface area contributed by atoms with Crippen LogP contribution in [0.2, 0.25) is 5.02 Å². The second kappa shape index (κ2) is 8.55. The van der Waals surface area contributed by atoms with Gasteiger partial charge in [-0.1, -0.05) is 29.8 Å². The lowest BCUT2D eigenvalue weighted by Gasteiger charge is -2.05. The fourth-order valence-corrected chi connectivity index (χ4v) is 2.82. The van der Waals surface area contributed by atoms with E-state index in [1.165, 1.54) is 23.8 Å². The average molecular weight is 351 g/mol. The molecular formula is C16H15ClN2O3S. The molecule has 120 valence electrons. The van der Waals surface area contributed by atoms with Crippen molar-refractivity contribution >= 4 is 35.0 Å². The number of nitrogens with one attached hydrogen (secondary N) is 1. The number of carbonyl (C=O) groups is 1. The Balaban J connectivity index is 1.73. The molecule has 0 aliphatic carbocycles. The van der Waals surface area contributed by atoms with E-state index >= 15 is 0 Å². The van der Waals surface area contributed by atoms with Gasteiger partial charge in [-0.15, -0.1) is 0 Å². The highest BCUT2D eigenvalue weighted by atomic mass is 35.5. The summed E-state index contributed by atoms with van der Waals surface area (Å²) < 4.78 is 0. The van der Waals surface area contributed by atoms with Crippen LogP contribution in [-0.2, 0) is 5.75 Å². The van der Waals surface area contributed by atoms with Crippen molar-refractivity contribution in [1.82, 2.24) is 5.32 Å². The maximum Gasteiger partial charge on any atom is 0.270 e. The van der Waals surface area contributed by atoms with Gasteiger partial charge in [0.05, 0.1) is 4.92 Å². The van der Waals surface area contributed by atoms with Gasteiger partial charge in [-0.2, -0.15) is 11.8 Å². The van der Waals surface area contributed by atoms with Gasteiger partial charge < -0.3 is 5.32 Å². The van der Waals surface area contributed by atoms with Crippen molar-refractivity contribution in [2.45, 2.75) is 5.75 Å². The summed E-state index contributed by atoms with van der Waals surface area (Å²) in [5.41, 5.74) is 1.38. The van der Waals surface area contributed by atoms with Gasteiger partial charge in [0.2, 0.25) is 0 Å². The summed E-state index contributed by atoms with van der Waals surface area (Å²) in [5.74, 6) is 1.29. The highest BCUT2D eigenvalue weighted by Crippen LogP contribution is 2.15. The first-order chi connectivity index (χ1) is 11.1. The number of hydrogen-bond donors (Lipinski definition) is 1. The van der Waals surface area contributed by atoms with Crippen molar-refractivity contribution in [1.29, 1.82) is 0 Å². The molecule has 0 aromatic heterocycles. The second-order valence-corrected chi connectivity index (χ2v) is 6.28. The molecule has 2 aromatic carbocycles. The quantitative estimate of drug-likeness (QED) is 0.467. The van der Waals surface area contributed by atoms with Gasteiger partial charge in [0.1, 0.15) is 0 Å². The van der Waals surface area contributed by atoms with E-state index < -0.39 is 4.92 Å². The van der Waals surface area contributed by atoms with Gasteiger partial charge in [0.15, 0.2) is 0 Å². The Hall–Kier alpha value is -2.05. The van der Waals surface area contributed by atoms with E-state index in [0.29, 0.717) is 17.1 Å². The molecule has 0 heterocycles. The summed E-state index contributed by atoms with van der Waals surface area (Å²) in [5, 5.41) is 14.2. The molecule has 0 aliphatic heterocycles. The maximum atomic E-state index is 11.9. The van der Waals surface area contributed by atoms with Gasteiger partial charge in [0.25, 0.3) is 11.6 Å². The van der Waals surface area contributed by atoms with Crippen LogP contribution in [0.15, 0.2) is 48.5 Å². The Bertz CT molecular complexity index is 692. The summed E-state index contributed by atoms with van der Waals surface area (Å²) in [6.07, 6.45) is 0. The third-order valence-corrected chi connectivity index (χ3v) is 4.32. The minimum absolute atomic E-state index is 0.0882. The zero-order valence-corrected chi connectivity index (χ0v) is 13.8. The van der Waals surface area contributed by atoms with Crippen molar-refractivity contribution in [2.75, 3.05) is 12.3 Å². The van der Waals surface area contributed by atoms with Gasteiger partial charge in [-0.3, -0.25) is 14.9 Å². The van der Waals surface area contributed by atoms with Crippen LogP contribution < -0.4 is 5.32 Å². The minimum atomic E-state index is -0.515. The van der Waals surface area contributed by atoms with E-state index in [-0.39, 0.29) is 11.6 Å². The Morgan fingerprint density at radius 3 is 2.65 bits per heavy atom. The molecule has 1 N–H and O–H groups in total. The molecular weight excluding hydrogens is 336 g/mol. The summed E-state index contributed by atoms with van der Waals surface area (Å²) in [6, 6.07) is 13.3. The monoisotopic (exact) mass is 350 g/mol. The Kier molecular flexibility index (Phi) is 6.43. The molecule has 0 unspecified atom stereocenters. The third-order valence-electron chi connectivity index (χ3n) is 3.03. The fourth-order valence-electron chi connectivity index (χ4n) is 1.87. The Labute approximate surface area is 143 Å². The maximum absolute atomic E-state index is 11.9. The van der Waals surface area contributed by atoms with Crippen molar-refractivity contribution in [3.05, 3.63) is 74.8 Å². The lowest BCUT2D eigenvalue weighted by molar-refractivity contribution is -0.384. The number of carbonyl (C=O) groups excluding carboxylic acids is 1. The molecule has 0 aliphatic rings. The highest BCUT2D eigenvalue weighted by molar-refractivity contribution is 7.98. The summed E-state index contributed by atoms with van der Waals surface area (Å²) in [4.78, 5) is 22.1. The van der Waals surface area contributed by atoms with E-state index in [4.69, 9.17) is 11.6 Å². The molecule has 2 rings (SSSR count). The van der Waals surface area contributed by atoms with Crippen LogP contribution in [0.1, 0.15) is 15.9 Å². The van der Waals surface area contributed by atoms with Gasteiger partial charge in [0, 0.05) is 40.8 Å². The Morgan fingerprint density at radius 2 is 1.96 bits per heavy atom. The molecule has 23 heavy (non-hydrogen) atoms. The molecule has 0 radical (unpaired) electrons. The molecule has 5 nitrogen and oxygen atoms in total. The van der Waals surface area contributed by atoms with Crippen LogP contribution in [0.4, 0.5) is 5.69 Å². The fraction of sp³-hybridized carbons (Fsp3) is 0.188. The zero-order valence-electron chi connectivity index (χ0n) is 12.2. The number of amides is 1. The van der Waals surface area contributed by atoms with E-state index in [9.17, 15) is 14.9 Å². The lowest BCUT2D eigenvalue weighted by Crippen LogP contribution is -2.25. The number of hydrogen-bond acceptors (Lipinski definition) is 4.